The number of hydrogen-bond acceptors (Lipinski definition) is 5. The van der Waals surface area contributed by atoms with E-state index in [0.717, 1.165) is 31.2 Å². The fourth-order valence-corrected chi connectivity index (χ4v) is 3.12. The Balaban J connectivity index is 2.69. The van der Waals surface area contributed by atoms with Gasteiger partial charge in [-0.25, -0.2) is 0 Å². The smallest absolute Gasteiger partial charge is 0.120 e. The lowest BCUT2D eigenvalue weighted by Crippen LogP contribution is -1.91. The van der Waals surface area contributed by atoms with Gasteiger partial charge in [-0.1, -0.05) is 0 Å². The third-order valence-corrected chi connectivity index (χ3v) is 3.86. The maximum absolute atomic E-state index is 4.34. The summed E-state index contributed by atoms with van der Waals surface area (Å²) < 4.78 is 9.60. The molecule has 2 aromatic heterocycles. The molecule has 0 atom stereocenters. The van der Waals surface area contributed by atoms with Crippen molar-refractivity contribution in [2.75, 3.05) is 0 Å². The topological polar surface area (TPSA) is 51.6 Å². The normalized spacial score (nSPS) is 11.3. The van der Waals surface area contributed by atoms with Gasteiger partial charge in [-0.2, -0.15) is 8.75 Å². The Bertz CT molecular complexity index is 608. The molecule has 3 aromatic rings. The van der Waals surface area contributed by atoms with E-state index in [2.05, 4.69) is 41.3 Å². The molecule has 74 valence electrons. The molecule has 3 rings (SSSR count). The van der Waals surface area contributed by atoms with Gasteiger partial charge in [0.25, 0.3) is 0 Å². The van der Waals surface area contributed by atoms with Crippen LogP contribution in [0.15, 0.2) is 12.4 Å². The number of benzene rings is 1. The molecular weight excluding hydrogens is 323 g/mol. The van der Waals surface area contributed by atoms with E-state index >= 15 is 0 Å². The van der Waals surface area contributed by atoms with Crippen LogP contribution in [0, 0.1) is 10.5 Å². The summed E-state index contributed by atoms with van der Waals surface area (Å²) in [6, 6.07) is 0. The molecule has 0 fully saturated rings. The van der Waals surface area contributed by atoms with Crippen LogP contribution in [0.1, 0.15) is 5.56 Å². The highest BCUT2D eigenvalue weighted by molar-refractivity contribution is 14.1. The molecule has 1 aromatic carbocycles. The first-order valence-electron chi connectivity index (χ1n) is 4.30. The number of rotatable bonds is 0. The molecule has 0 aliphatic carbocycles. The molecule has 4 nitrogen and oxygen atoms in total. The van der Waals surface area contributed by atoms with Gasteiger partial charge in [0.15, 0.2) is 0 Å². The van der Waals surface area contributed by atoms with E-state index in [1.54, 1.807) is 12.4 Å². The minimum atomic E-state index is 0.913. The van der Waals surface area contributed by atoms with Crippen LogP contribution in [0.4, 0.5) is 0 Å². The zero-order valence-corrected chi connectivity index (χ0v) is 10.7. The molecule has 0 aliphatic heterocycles. The summed E-state index contributed by atoms with van der Waals surface area (Å²) >= 11 is 3.48. The van der Waals surface area contributed by atoms with Gasteiger partial charge in [0.2, 0.25) is 0 Å². The minimum Gasteiger partial charge on any atom is -0.253 e. The molecule has 0 N–H and O–H groups in total. The predicted octanol–water partition coefficient (Wildman–Crippen LogP) is 2.55. The zero-order chi connectivity index (χ0) is 10.4. The van der Waals surface area contributed by atoms with Crippen molar-refractivity contribution in [2.45, 2.75) is 6.92 Å². The largest absolute Gasteiger partial charge is 0.253 e. The molecular formula is C9H5IN4S. The first kappa shape index (κ1) is 9.34. The molecule has 6 heteroatoms. The molecule has 0 radical (unpaired) electrons. The molecule has 2 heterocycles. The van der Waals surface area contributed by atoms with Crippen molar-refractivity contribution in [2.24, 2.45) is 0 Å². The third-order valence-electron chi connectivity index (χ3n) is 2.31. The highest BCUT2D eigenvalue weighted by atomic mass is 127. The predicted molar refractivity (Wildman–Crippen MR) is 68.0 cm³/mol. The molecule has 0 saturated heterocycles. The summed E-state index contributed by atoms with van der Waals surface area (Å²) in [5, 5.41) is 0. The molecule has 0 bridgehead atoms. The summed E-state index contributed by atoms with van der Waals surface area (Å²) in [6.07, 6.45) is 3.41. The van der Waals surface area contributed by atoms with E-state index in [1.807, 2.05) is 6.92 Å². The highest BCUT2D eigenvalue weighted by Crippen LogP contribution is 2.29. The van der Waals surface area contributed by atoms with Crippen molar-refractivity contribution in [1.29, 1.82) is 0 Å². The monoisotopic (exact) mass is 328 g/mol. The maximum Gasteiger partial charge on any atom is 0.120 e. The second kappa shape index (κ2) is 3.31. The second-order valence-electron chi connectivity index (χ2n) is 3.15. The third kappa shape index (κ3) is 1.24. The van der Waals surface area contributed by atoms with Crippen LogP contribution in [0.2, 0.25) is 0 Å². The average molecular weight is 328 g/mol. The molecule has 0 amide bonds. The summed E-state index contributed by atoms with van der Waals surface area (Å²) in [4.78, 5) is 8.68. The summed E-state index contributed by atoms with van der Waals surface area (Å²) in [5.74, 6) is 0. The van der Waals surface area contributed by atoms with Crippen molar-refractivity contribution < 1.29 is 0 Å². The lowest BCUT2D eigenvalue weighted by Gasteiger charge is -2.02. The lowest BCUT2D eigenvalue weighted by molar-refractivity contribution is 1.27. The van der Waals surface area contributed by atoms with Gasteiger partial charge in [0, 0.05) is 18.0 Å². The van der Waals surface area contributed by atoms with Gasteiger partial charge in [0.05, 0.1) is 20.8 Å². The quantitative estimate of drug-likeness (QED) is 0.595. The van der Waals surface area contributed by atoms with Crippen LogP contribution in [0.25, 0.3) is 22.1 Å². The Kier molecular flexibility index (Phi) is 2.06. The summed E-state index contributed by atoms with van der Waals surface area (Å²) in [5.41, 5.74) is 4.77. The first-order valence-corrected chi connectivity index (χ1v) is 6.11. The number of hydrogen-bond donors (Lipinski definition) is 0. The van der Waals surface area contributed by atoms with Crippen LogP contribution in [-0.2, 0) is 0 Å². The van der Waals surface area contributed by atoms with Gasteiger partial charge >= 0.3 is 0 Å². The van der Waals surface area contributed by atoms with Gasteiger partial charge in [-0.3, -0.25) is 9.97 Å². The van der Waals surface area contributed by atoms with Crippen LogP contribution in [0.3, 0.4) is 0 Å². The van der Waals surface area contributed by atoms with E-state index in [4.69, 9.17) is 0 Å². The van der Waals surface area contributed by atoms with Crippen molar-refractivity contribution in [1.82, 2.24) is 18.7 Å². The molecule has 0 spiro atoms. The average Bonchev–Trinajstić information content (AvgIpc) is 2.75. The van der Waals surface area contributed by atoms with E-state index in [9.17, 15) is 0 Å². The Labute approximate surface area is 103 Å². The fourth-order valence-electron chi connectivity index (χ4n) is 1.58. The van der Waals surface area contributed by atoms with Crippen LogP contribution in [0.5, 0.6) is 0 Å². The van der Waals surface area contributed by atoms with E-state index in [0.29, 0.717) is 0 Å². The van der Waals surface area contributed by atoms with Crippen molar-refractivity contribution in [3.63, 3.8) is 0 Å². The number of nitrogens with zero attached hydrogens (tertiary/aromatic N) is 4. The zero-order valence-electron chi connectivity index (χ0n) is 7.73. The van der Waals surface area contributed by atoms with E-state index < -0.39 is 0 Å². The Hall–Kier alpha value is -0.890. The highest BCUT2D eigenvalue weighted by Gasteiger charge is 2.14. The fraction of sp³-hybridized carbons (Fsp3) is 0.111. The molecule has 15 heavy (non-hydrogen) atoms. The summed E-state index contributed by atoms with van der Waals surface area (Å²) in [6.45, 7) is 2.01. The Morgan fingerprint density at radius 2 is 1.67 bits per heavy atom. The maximum atomic E-state index is 4.34. The van der Waals surface area contributed by atoms with Crippen molar-refractivity contribution >= 4 is 56.4 Å². The number of fused-ring (bicyclic) bond motifs is 2. The molecule has 0 unspecified atom stereocenters. The first-order chi connectivity index (χ1) is 7.29. The Morgan fingerprint density at radius 1 is 1.00 bits per heavy atom. The van der Waals surface area contributed by atoms with Gasteiger partial charge in [-0.15, -0.1) is 0 Å². The molecule has 0 saturated carbocycles. The van der Waals surface area contributed by atoms with Crippen LogP contribution in [-0.4, -0.2) is 18.7 Å². The SMILES string of the molecule is Cc1c2nccnc2c(I)c2nsnc12. The second-order valence-corrected chi connectivity index (χ2v) is 4.76. The number of aryl methyl sites for hydroxylation is 1. The lowest BCUT2D eigenvalue weighted by atomic mass is 10.1. The van der Waals surface area contributed by atoms with Crippen molar-refractivity contribution in [3.05, 3.63) is 21.5 Å². The van der Waals surface area contributed by atoms with Gasteiger partial charge < -0.3 is 0 Å². The van der Waals surface area contributed by atoms with Crippen LogP contribution >= 0.6 is 34.3 Å². The summed E-state index contributed by atoms with van der Waals surface area (Å²) in [7, 11) is 0. The van der Waals surface area contributed by atoms with Crippen molar-refractivity contribution in [3.8, 4) is 0 Å². The van der Waals surface area contributed by atoms with Gasteiger partial charge in [0.1, 0.15) is 16.6 Å². The minimum absolute atomic E-state index is 0.913. The standard InChI is InChI=1S/C9H5IN4S/c1-4-6-8(12-3-2-11-6)5(10)9-7(4)13-15-14-9/h2-3H,1H3. The van der Waals surface area contributed by atoms with Crippen LogP contribution < -0.4 is 0 Å². The number of halogens is 1. The van der Waals surface area contributed by atoms with E-state index in [1.165, 1.54) is 11.7 Å². The Morgan fingerprint density at radius 3 is 2.47 bits per heavy atom. The number of aromatic nitrogens is 4. The molecule has 0 aliphatic rings. The van der Waals surface area contributed by atoms with Gasteiger partial charge in [-0.05, 0) is 29.5 Å². The van der Waals surface area contributed by atoms with E-state index in [-0.39, 0.29) is 0 Å².